The summed E-state index contributed by atoms with van der Waals surface area (Å²) >= 11 is 7.02. The molecule has 0 radical (unpaired) electrons. The van der Waals surface area contributed by atoms with E-state index in [1.165, 1.54) is 11.3 Å². The van der Waals surface area contributed by atoms with Crippen LogP contribution in [0.1, 0.15) is 22.5 Å². The Morgan fingerprint density at radius 3 is 2.48 bits per heavy atom. The fourth-order valence-corrected chi connectivity index (χ4v) is 3.81. The average Bonchev–Trinajstić information content (AvgIpc) is 3.12. The number of aliphatic hydroxyl groups excluding tert-OH is 1. The van der Waals surface area contributed by atoms with Gasteiger partial charge in [-0.3, -0.25) is 9.59 Å². The maximum atomic E-state index is 11.9. The molecule has 1 aliphatic rings. The number of anilines is 2. The van der Waals surface area contributed by atoms with E-state index in [1.807, 2.05) is 24.3 Å². The number of thiophene rings is 1. The van der Waals surface area contributed by atoms with E-state index in [0.717, 1.165) is 24.5 Å². The number of carbonyl (C=O) groups is 2. The van der Waals surface area contributed by atoms with Gasteiger partial charge in [0.25, 0.3) is 5.91 Å². The van der Waals surface area contributed by atoms with Crippen molar-refractivity contribution in [1.82, 2.24) is 5.32 Å². The first-order valence-corrected chi connectivity index (χ1v) is 10.0. The van der Waals surface area contributed by atoms with Crippen LogP contribution in [0.4, 0.5) is 11.4 Å². The molecule has 1 aliphatic heterocycles. The number of nitrogens with one attached hydrogen (secondary N) is 2. The minimum absolute atomic E-state index is 0.154. The largest absolute Gasteiger partial charge is 0.389 e. The van der Waals surface area contributed by atoms with Crippen LogP contribution in [0.15, 0.2) is 36.4 Å². The summed E-state index contributed by atoms with van der Waals surface area (Å²) < 4.78 is 0.557. The molecule has 1 aromatic carbocycles. The van der Waals surface area contributed by atoms with Crippen molar-refractivity contribution in [3.05, 3.63) is 45.6 Å². The zero-order valence-electron chi connectivity index (χ0n) is 14.8. The van der Waals surface area contributed by atoms with Crippen LogP contribution < -0.4 is 15.5 Å². The molecule has 1 amide bonds. The third-order valence-corrected chi connectivity index (χ3v) is 5.62. The molecule has 1 fully saturated rings. The molecule has 1 saturated heterocycles. The normalized spacial score (nSPS) is 15.5. The summed E-state index contributed by atoms with van der Waals surface area (Å²) in [6.45, 7) is 2.00. The lowest BCUT2D eigenvalue weighted by Crippen LogP contribution is -2.35. The number of nitrogens with zero attached hydrogens (tertiary/aromatic N) is 1. The van der Waals surface area contributed by atoms with Crippen LogP contribution in [-0.4, -0.2) is 49.1 Å². The first-order chi connectivity index (χ1) is 13.0. The van der Waals surface area contributed by atoms with Gasteiger partial charge in [0.15, 0.2) is 0 Å². The zero-order valence-corrected chi connectivity index (χ0v) is 16.4. The predicted molar refractivity (Wildman–Crippen MR) is 109 cm³/mol. The van der Waals surface area contributed by atoms with E-state index in [1.54, 1.807) is 12.1 Å². The molecule has 0 saturated carbocycles. The Kier molecular flexibility index (Phi) is 6.71. The number of hydrogen-bond donors (Lipinski definition) is 3. The monoisotopic (exact) mass is 407 g/mol. The molecule has 1 aromatic heterocycles. The first kappa shape index (κ1) is 19.7. The molecule has 27 heavy (non-hydrogen) atoms. The van der Waals surface area contributed by atoms with Crippen LogP contribution in [0.25, 0.3) is 0 Å². The fourth-order valence-electron chi connectivity index (χ4n) is 2.85. The van der Waals surface area contributed by atoms with Gasteiger partial charge in [0.1, 0.15) is 5.78 Å². The second kappa shape index (κ2) is 9.21. The molecule has 6 nitrogen and oxygen atoms in total. The van der Waals surface area contributed by atoms with Crippen LogP contribution in [0.5, 0.6) is 0 Å². The van der Waals surface area contributed by atoms with Crippen molar-refractivity contribution < 1.29 is 14.7 Å². The topological polar surface area (TPSA) is 81.7 Å². The predicted octanol–water partition coefficient (Wildman–Crippen LogP) is 2.77. The average molecular weight is 408 g/mol. The summed E-state index contributed by atoms with van der Waals surface area (Å²) in [4.78, 5) is 26.0. The van der Waals surface area contributed by atoms with Crippen LogP contribution in [0.3, 0.4) is 0 Å². The molecule has 1 atom stereocenters. The van der Waals surface area contributed by atoms with Gasteiger partial charge >= 0.3 is 0 Å². The van der Waals surface area contributed by atoms with Crippen LogP contribution in [0.2, 0.25) is 4.34 Å². The SMILES string of the molecule is O=C1CCN(c2ccc(NCC(O)CNC(=O)c3ccc(Cl)s3)cc2)CC1. The smallest absolute Gasteiger partial charge is 0.261 e. The van der Waals surface area contributed by atoms with Gasteiger partial charge in [0.2, 0.25) is 0 Å². The standard InChI is InChI=1S/C19H22ClN3O3S/c20-18-6-5-17(27-18)19(26)22-12-16(25)11-21-13-1-3-14(4-2-13)23-9-7-15(24)8-10-23/h1-6,16,21,25H,7-12H2,(H,22,26). The number of piperidine rings is 1. The minimum Gasteiger partial charge on any atom is -0.389 e. The lowest BCUT2D eigenvalue weighted by molar-refractivity contribution is -0.119. The van der Waals surface area contributed by atoms with Crippen molar-refractivity contribution in [3.63, 3.8) is 0 Å². The van der Waals surface area contributed by atoms with Crippen molar-refractivity contribution in [2.24, 2.45) is 0 Å². The van der Waals surface area contributed by atoms with E-state index < -0.39 is 6.10 Å². The van der Waals surface area contributed by atoms with Gasteiger partial charge in [-0.2, -0.15) is 0 Å². The van der Waals surface area contributed by atoms with E-state index in [4.69, 9.17) is 11.6 Å². The Labute approximate surface area is 167 Å². The highest BCUT2D eigenvalue weighted by Gasteiger charge is 2.16. The fraction of sp³-hybridized carbons (Fsp3) is 0.368. The zero-order chi connectivity index (χ0) is 19.2. The van der Waals surface area contributed by atoms with Gasteiger partial charge in [-0.1, -0.05) is 11.6 Å². The van der Waals surface area contributed by atoms with Gasteiger partial charge < -0.3 is 20.6 Å². The third kappa shape index (κ3) is 5.69. The number of rotatable bonds is 7. The second-order valence-electron chi connectivity index (χ2n) is 6.42. The maximum Gasteiger partial charge on any atom is 0.261 e. The van der Waals surface area contributed by atoms with E-state index >= 15 is 0 Å². The quantitative estimate of drug-likeness (QED) is 0.657. The van der Waals surface area contributed by atoms with E-state index in [-0.39, 0.29) is 12.5 Å². The summed E-state index contributed by atoms with van der Waals surface area (Å²) in [6.07, 6.45) is 0.503. The highest BCUT2D eigenvalue weighted by Crippen LogP contribution is 2.22. The minimum atomic E-state index is -0.711. The highest BCUT2D eigenvalue weighted by atomic mass is 35.5. The van der Waals surface area contributed by atoms with Crippen molar-refractivity contribution in [2.75, 3.05) is 36.4 Å². The van der Waals surface area contributed by atoms with Gasteiger partial charge in [-0.05, 0) is 36.4 Å². The van der Waals surface area contributed by atoms with E-state index in [0.29, 0.717) is 34.4 Å². The van der Waals surface area contributed by atoms with Gasteiger partial charge in [-0.25, -0.2) is 0 Å². The lowest BCUT2D eigenvalue weighted by atomic mass is 10.1. The summed E-state index contributed by atoms with van der Waals surface area (Å²) in [5.41, 5.74) is 1.98. The lowest BCUT2D eigenvalue weighted by Gasteiger charge is -2.28. The molecule has 2 heterocycles. The van der Waals surface area contributed by atoms with E-state index in [2.05, 4.69) is 15.5 Å². The highest BCUT2D eigenvalue weighted by molar-refractivity contribution is 7.17. The van der Waals surface area contributed by atoms with Crippen LogP contribution in [0, 0.1) is 0 Å². The Balaban J connectivity index is 1.41. The number of ketones is 1. The number of halogens is 1. The van der Waals surface area contributed by atoms with Crippen molar-refractivity contribution in [3.8, 4) is 0 Å². The van der Waals surface area contributed by atoms with Crippen LogP contribution >= 0.6 is 22.9 Å². The molecule has 0 bridgehead atoms. The molecule has 1 unspecified atom stereocenters. The molecule has 3 N–H and O–H groups in total. The number of carbonyl (C=O) groups excluding carboxylic acids is 2. The third-order valence-electron chi connectivity index (χ3n) is 4.39. The Hall–Kier alpha value is -2.09. The Morgan fingerprint density at radius 2 is 1.85 bits per heavy atom. The van der Waals surface area contributed by atoms with Crippen molar-refractivity contribution >= 4 is 46.0 Å². The molecule has 2 aromatic rings. The van der Waals surface area contributed by atoms with Crippen molar-refractivity contribution in [1.29, 1.82) is 0 Å². The van der Waals surface area contributed by atoms with Gasteiger partial charge in [-0.15, -0.1) is 11.3 Å². The number of aliphatic hydroxyl groups is 1. The van der Waals surface area contributed by atoms with Gasteiger partial charge in [0, 0.05) is 50.4 Å². The molecule has 0 spiro atoms. The molecular formula is C19H22ClN3O3S. The maximum absolute atomic E-state index is 11.9. The van der Waals surface area contributed by atoms with Crippen LogP contribution in [-0.2, 0) is 4.79 Å². The summed E-state index contributed by atoms with van der Waals surface area (Å²) in [5.74, 6) is 0.0862. The first-order valence-electron chi connectivity index (χ1n) is 8.83. The number of hydrogen-bond acceptors (Lipinski definition) is 6. The molecule has 8 heteroatoms. The van der Waals surface area contributed by atoms with E-state index in [9.17, 15) is 14.7 Å². The van der Waals surface area contributed by atoms with Crippen molar-refractivity contribution in [2.45, 2.75) is 18.9 Å². The molecule has 0 aliphatic carbocycles. The molecule has 144 valence electrons. The summed E-state index contributed by atoms with van der Waals surface area (Å²) in [7, 11) is 0. The molecule has 3 rings (SSSR count). The Bertz CT molecular complexity index is 784. The second-order valence-corrected chi connectivity index (χ2v) is 8.14. The summed E-state index contributed by atoms with van der Waals surface area (Å²) in [5, 5.41) is 15.9. The number of benzene rings is 1. The number of Topliss-reactive ketones (excluding diaryl/α,β-unsaturated/α-hetero) is 1. The number of amides is 1. The Morgan fingerprint density at radius 1 is 1.15 bits per heavy atom. The molecular weight excluding hydrogens is 386 g/mol. The van der Waals surface area contributed by atoms with Gasteiger partial charge in [0.05, 0.1) is 15.3 Å². The summed E-state index contributed by atoms with van der Waals surface area (Å²) in [6, 6.07) is 11.2.